The number of anilines is 2. The summed E-state index contributed by atoms with van der Waals surface area (Å²) in [6.45, 7) is -0.0601. The average molecular weight is 502 g/mol. The molecule has 0 amide bonds. The quantitative estimate of drug-likeness (QED) is 0.247. The molecule has 0 atom stereocenters. The van der Waals surface area contributed by atoms with E-state index in [2.05, 4.69) is 15.3 Å². The predicted molar refractivity (Wildman–Crippen MR) is 130 cm³/mol. The SMILES string of the molecule is CS(O)(O)Cc1cccc(Nc2ncc(F)c(-c3ccc(F)cc3OCc3cccc(F)c3)n2)c1. The summed E-state index contributed by atoms with van der Waals surface area (Å²) in [6, 6.07) is 16.3. The summed E-state index contributed by atoms with van der Waals surface area (Å²) >= 11 is 0. The first-order chi connectivity index (χ1) is 16.7. The van der Waals surface area contributed by atoms with Crippen LogP contribution in [0.3, 0.4) is 0 Å². The molecule has 1 aromatic heterocycles. The number of halogens is 3. The first kappa shape index (κ1) is 24.5. The third kappa shape index (κ3) is 6.72. The molecule has 0 aliphatic carbocycles. The van der Waals surface area contributed by atoms with Crippen molar-refractivity contribution < 1.29 is 27.0 Å². The molecule has 6 nitrogen and oxygen atoms in total. The van der Waals surface area contributed by atoms with E-state index in [1.807, 2.05) is 0 Å². The lowest BCUT2D eigenvalue weighted by molar-refractivity contribution is 0.305. The van der Waals surface area contributed by atoms with Crippen LogP contribution in [0.2, 0.25) is 0 Å². The molecule has 0 spiro atoms. The van der Waals surface area contributed by atoms with Crippen molar-refractivity contribution in [1.82, 2.24) is 9.97 Å². The van der Waals surface area contributed by atoms with Crippen molar-refractivity contribution >= 4 is 22.2 Å². The zero-order valence-electron chi connectivity index (χ0n) is 18.6. The minimum absolute atomic E-state index is 0.0351. The van der Waals surface area contributed by atoms with E-state index in [0.29, 0.717) is 16.8 Å². The van der Waals surface area contributed by atoms with Crippen LogP contribution in [0.4, 0.5) is 24.8 Å². The first-order valence-corrected chi connectivity index (χ1v) is 12.6. The Kier molecular flexibility index (Phi) is 7.25. The van der Waals surface area contributed by atoms with Crippen molar-refractivity contribution in [2.45, 2.75) is 12.4 Å². The number of aromatic nitrogens is 2. The molecule has 0 fully saturated rings. The summed E-state index contributed by atoms with van der Waals surface area (Å²) in [5, 5.41) is 2.96. The molecule has 10 heteroatoms. The van der Waals surface area contributed by atoms with Crippen LogP contribution in [0, 0.1) is 17.5 Å². The molecule has 0 saturated heterocycles. The highest BCUT2D eigenvalue weighted by atomic mass is 32.3. The fourth-order valence-corrected chi connectivity index (χ4v) is 4.21. The molecule has 0 radical (unpaired) electrons. The molecule has 3 N–H and O–H groups in total. The number of ether oxygens (including phenoxy) is 1. The van der Waals surface area contributed by atoms with E-state index in [9.17, 15) is 22.3 Å². The number of hydrogen-bond donors (Lipinski definition) is 3. The van der Waals surface area contributed by atoms with Gasteiger partial charge in [-0.3, -0.25) is 9.11 Å². The van der Waals surface area contributed by atoms with Crippen LogP contribution in [0.25, 0.3) is 11.3 Å². The van der Waals surface area contributed by atoms with Crippen LogP contribution >= 0.6 is 10.6 Å². The summed E-state index contributed by atoms with van der Waals surface area (Å²) < 4.78 is 67.3. The summed E-state index contributed by atoms with van der Waals surface area (Å²) in [5.41, 5.74) is 1.85. The average Bonchev–Trinajstić information content (AvgIpc) is 2.78. The van der Waals surface area contributed by atoms with Gasteiger partial charge in [-0.15, -0.1) is 0 Å². The van der Waals surface area contributed by atoms with Crippen LogP contribution in [0.1, 0.15) is 11.1 Å². The topological polar surface area (TPSA) is 87.5 Å². The molecule has 3 aromatic carbocycles. The van der Waals surface area contributed by atoms with E-state index in [4.69, 9.17) is 4.74 Å². The fraction of sp³-hybridized carbons (Fsp3) is 0.120. The Balaban J connectivity index is 1.61. The van der Waals surface area contributed by atoms with Crippen LogP contribution in [-0.2, 0) is 12.4 Å². The van der Waals surface area contributed by atoms with Gasteiger partial charge in [-0.25, -0.2) is 23.1 Å². The zero-order valence-corrected chi connectivity index (χ0v) is 19.4. The Bertz CT molecular complexity index is 1350. The van der Waals surface area contributed by atoms with Gasteiger partial charge in [-0.2, -0.15) is 10.6 Å². The molecule has 4 aromatic rings. The summed E-state index contributed by atoms with van der Waals surface area (Å²) in [5.74, 6) is -1.58. The second-order valence-electron chi connectivity index (χ2n) is 7.91. The van der Waals surface area contributed by atoms with E-state index in [0.717, 1.165) is 18.3 Å². The van der Waals surface area contributed by atoms with Crippen molar-refractivity contribution in [3.8, 4) is 17.0 Å². The summed E-state index contributed by atoms with van der Waals surface area (Å²) in [7, 11) is -2.73. The fourth-order valence-electron chi connectivity index (χ4n) is 3.40. The first-order valence-electron chi connectivity index (χ1n) is 10.4. The van der Waals surface area contributed by atoms with E-state index < -0.39 is 28.0 Å². The maximum atomic E-state index is 14.7. The number of benzene rings is 3. The molecule has 4 rings (SSSR count). The Morgan fingerprint density at radius 2 is 1.66 bits per heavy atom. The predicted octanol–water partition coefficient (Wildman–Crippen LogP) is 6.76. The zero-order chi connectivity index (χ0) is 25.0. The van der Waals surface area contributed by atoms with E-state index in [1.54, 1.807) is 30.3 Å². The minimum Gasteiger partial charge on any atom is -0.488 e. The molecule has 0 aliphatic heterocycles. The van der Waals surface area contributed by atoms with E-state index in [-0.39, 0.29) is 35.3 Å². The van der Waals surface area contributed by atoms with Crippen LogP contribution in [0.5, 0.6) is 5.75 Å². The third-order valence-corrected chi connectivity index (χ3v) is 5.73. The lowest BCUT2D eigenvalue weighted by Crippen LogP contribution is -2.03. The molecule has 0 bridgehead atoms. The monoisotopic (exact) mass is 501 g/mol. The number of hydrogen-bond acceptors (Lipinski definition) is 6. The highest BCUT2D eigenvalue weighted by Gasteiger charge is 2.16. The van der Waals surface area contributed by atoms with Gasteiger partial charge in [0.1, 0.15) is 29.7 Å². The third-order valence-electron chi connectivity index (χ3n) is 4.85. The largest absolute Gasteiger partial charge is 0.488 e. The normalized spacial score (nSPS) is 11.8. The summed E-state index contributed by atoms with van der Waals surface area (Å²) in [4.78, 5) is 8.22. The van der Waals surface area contributed by atoms with Gasteiger partial charge >= 0.3 is 0 Å². The van der Waals surface area contributed by atoms with Crippen molar-refractivity contribution in [1.29, 1.82) is 0 Å². The van der Waals surface area contributed by atoms with Crippen LogP contribution in [-0.4, -0.2) is 25.3 Å². The second kappa shape index (κ2) is 10.3. The lowest BCUT2D eigenvalue weighted by atomic mass is 10.1. The van der Waals surface area contributed by atoms with Crippen LogP contribution < -0.4 is 10.1 Å². The Labute approximate surface area is 201 Å². The highest BCUT2D eigenvalue weighted by Crippen LogP contribution is 2.38. The van der Waals surface area contributed by atoms with Crippen molar-refractivity contribution in [2.24, 2.45) is 0 Å². The Morgan fingerprint density at radius 3 is 2.43 bits per heavy atom. The second-order valence-corrected chi connectivity index (χ2v) is 10.2. The van der Waals surface area contributed by atoms with Crippen molar-refractivity contribution in [3.05, 3.63) is 102 Å². The number of nitrogens with zero attached hydrogens (tertiary/aromatic N) is 2. The minimum atomic E-state index is -2.73. The van der Waals surface area contributed by atoms with Gasteiger partial charge in [0, 0.05) is 23.6 Å². The molecular formula is C25H22F3N3O3S. The molecular weight excluding hydrogens is 479 g/mol. The van der Waals surface area contributed by atoms with Gasteiger partial charge in [0.15, 0.2) is 5.82 Å². The van der Waals surface area contributed by atoms with Gasteiger partial charge in [-0.1, -0.05) is 24.3 Å². The van der Waals surface area contributed by atoms with Gasteiger partial charge in [0.25, 0.3) is 0 Å². The Hall–Kier alpha value is -3.60. The number of nitrogens with one attached hydrogen (secondary N) is 1. The maximum absolute atomic E-state index is 14.7. The molecule has 0 unspecified atom stereocenters. The van der Waals surface area contributed by atoms with Crippen molar-refractivity contribution in [2.75, 3.05) is 11.6 Å². The molecule has 182 valence electrons. The Morgan fingerprint density at radius 1 is 0.914 bits per heavy atom. The van der Waals surface area contributed by atoms with E-state index in [1.165, 1.54) is 30.5 Å². The highest BCUT2D eigenvalue weighted by molar-refractivity contribution is 8.23. The van der Waals surface area contributed by atoms with Gasteiger partial charge in [0.05, 0.1) is 11.9 Å². The number of rotatable bonds is 8. The maximum Gasteiger partial charge on any atom is 0.227 e. The molecule has 1 heterocycles. The molecule has 0 aliphatic rings. The smallest absolute Gasteiger partial charge is 0.227 e. The van der Waals surface area contributed by atoms with Gasteiger partial charge in [-0.05, 0) is 47.5 Å². The van der Waals surface area contributed by atoms with Gasteiger partial charge in [0.2, 0.25) is 5.95 Å². The standard InChI is InChI=1S/C25H22F3N3O3S/c1-35(32,33)15-17-5-3-7-20(11-17)30-25-29-13-22(28)24(31-25)21-9-8-19(27)12-23(21)34-14-16-4-2-6-18(26)10-16/h2-13,32-33H,14-15H2,1H3,(H,29,30,31). The van der Waals surface area contributed by atoms with E-state index >= 15 is 0 Å². The van der Waals surface area contributed by atoms with Crippen molar-refractivity contribution in [3.63, 3.8) is 0 Å². The van der Waals surface area contributed by atoms with Gasteiger partial charge < -0.3 is 10.1 Å². The molecule has 35 heavy (non-hydrogen) atoms. The lowest BCUT2D eigenvalue weighted by Gasteiger charge is -2.26. The van der Waals surface area contributed by atoms with Crippen LogP contribution in [0.15, 0.2) is 72.9 Å². The molecule has 0 saturated carbocycles. The summed E-state index contributed by atoms with van der Waals surface area (Å²) in [6.07, 6.45) is 2.34.